The number of nitrogens with one attached hydrogen (secondary N) is 1. The van der Waals surface area contributed by atoms with Gasteiger partial charge in [0, 0.05) is 31.5 Å². The second-order valence-corrected chi connectivity index (χ2v) is 12.8. The van der Waals surface area contributed by atoms with Gasteiger partial charge in [0.2, 0.25) is 18.6 Å². The van der Waals surface area contributed by atoms with E-state index in [1.807, 2.05) is 12.1 Å². The monoisotopic (exact) mass is 736 g/mol. The molecule has 0 saturated heterocycles. The molecule has 11 nitrogen and oxygen atoms in total. The van der Waals surface area contributed by atoms with Gasteiger partial charge in [0.25, 0.3) is 0 Å². The number of halogens is 1. The van der Waals surface area contributed by atoms with E-state index in [1.54, 1.807) is 29.2 Å². The number of carbonyl (C=O) groups is 2. The molecule has 2 aliphatic carbocycles. The van der Waals surface area contributed by atoms with Crippen molar-refractivity contribution >= 4 is 34.4 Å². The average Bonchev–Trinajstić information content (AvgIpc) is 3.75. The lowest BCUT2D eigenvalue weighted by atomic mass is 9.87. The zero-order valence-corrected chi connectivity index (χ0v) is 27.5. The summed E-state index contributed by atoms with van der Waals surface area (Å²) in [5.74, 6) is 1.92. The van der Waals surface area contributed by atoms with E-state index in [0.29, 0.717) is 50.0 Å². The highest BCUT2D eigenvalue weighted by Crippen LogP contribution is 2.38. The molecule has 3 unspecified atom stereocenters. The smallest absolute Gasteiger partial charge is 0.247 e. The third kappa shape index (κ3) is 8.02. The fraction of sp³-hybridized carbons (Fsp3) is 0.515. The molecule has 1 aliphatic heterocycles. The molecule has 2 amide bonds. The Hall–Kier alpha value is -3.07. The molecule has 2 aromatic carbocycles. The molecule has 45 heavy (non-hydrogen) atoms. The first kappa shape index (κ1) is 33.3. The number of hydrogen-bond acceptors (Lipinski definition) is 9. The number of methoxy groups -OCH3 is 1. The predicted molar refractivity (Wildman–Crippen MR) is 173 cm³/mol. The Morgan fingerprint density at radius 1 is 1.09 bits per heavy atom. The van der Waals surface area contributed by atoms with Crippen LogP contribution in [-0.2, 0) is 22.7 Å². The van der Waals surface area contributed by atoms with E-state index in [-0.39, 0.29) is 45.4 Å². The summed E-state index contributed by atoms with van der Waals surface area (Å²) in [6, 6.07) is 8.12. The minimum Gasteiger partial charge on any atom is -0.493 e. The molecule has 0 spiro atoms. The Morgan fingerprint density at radius 2 is 1.87 bits per heavy atom. The molecule has 0 bridgehead atoms. The van der Waals surface area contributed by atoms with Crippen molar-refractivity contribution in [1.29, 1.82) is 0 Å². The van der Waals surface area contributed by atoms with Crippen molar-refractivity contribution in [2.75, 3.05) is 27.1 Å². The van der Waals surface area contributed by atoms with Crippen molar-refractivity contribution in [2.24, 2.45) is 5.92 Å². The van der Waals surface area contributed by atoms with Gasteiger partial charge in [-0.05, 0) is 76.4 Å². The largest absolute Gasteiger partial charge is 0.493 e. The summed E-state index contributed by atoms with van der Waals surface area (Å²) in [6.45, 7) is -0.0420. The molecule has 1 heterocycles. The van der Waals surface area contributed by atoms with Crippen molar-refractivity contribution in [3.63, 3.8) is 0 Å². The molecule has 12 heteroatoms. The van der Waals surface area contributed by atoms with E-state index in [9.17, 15) is 24.9 Å². The molecule has 0 aromatic heterocycles. The molecule has 244 valence electrons. The lowest BCUT2D eigenvalue weighted by molar-refractivity contribution is -0.139. The third-order valence-corrected chi connectivity index (χ3v) is 9.49. The zero-order valence-electron chi connectivity index (χ0n) is 25.4. The van der Waals surface area contributed by atoms with Crippen molar-refractivity contribution in [1.82, 2.24) is 10.2 Å². The molecule has 3 aliphatic rings. The first-order chi connectivity index (χ1) is 21.8. The van der Waals surface area contributed by atoms with Crippen LogP contribution in [0.15, 0.2) is 42.0 Å². The van der Waals surface area contributed by atoms with E-state index in [2.05, 4.69) is 27.9 Å². The molecule has 1 fully saturated rings. The van der Waals surface area contributed by atoms with Gasteiger partial charge in [-0.3, -0.25) is 9.59 Å². The Labute approximate surface area is 276 Å². The number of hydrogen-bond donors (Lipinski definition) is 4. The van der Waals surface area contributed by atoms with E-state index < -0.39 is 24.2 Å². The number of fused-ring (bicyclic) bond motifs is 1. The van der Waals surface area contributed by atoms with Crippen LogP contribution in [-0.4, -0.2) is 77.3 Å². The summed E-state index contributed by atoms with van der Waals surface area (Å²) in [6.07, 6.45) is 5.15. The molecule has 3 atom stereocenters. The van der Waals surface area contributed by atoms with Crippen LogP contribution in [0.5, 0.6) is 23.0 Å². The summed E-state index contributed by atoms with van der Waals surface area (Å²) in [5.41, 5.74) is 1.77. The molecule has 1 saturated carbocycles. The van der Waals surface area contributed by atoms with Crippen LogP contribution in [0.1, 0.15) is 56.1 Å². The summed E-state index contributed by atoms with van der Waals surface area (Å²) in [7, 11) is 1.49. The maximum atomic E-state index is 14.0. The van der Waals surface area contributed by atoms with Crippen LogP contribution < -0.4 is 24.3 Å². The number of rotatable bonds is 13. The Morgan fingerprint density at radius 3 is 2.60 bits per heavy atom. The lowest BCUT2D eigenvalue weighted by Gasteiger charge is -2.41. The van der Waals surface area contributed by atoms with Gasteiger partial charge >= 0.3 is 0 Å². The van der Waals surface area contributed by atoms with Crippen molar-refractivity contribution < 1.29 is 43.9 Å². The molecule has 0 radical (unpaired) electrons. The summed E-state index contributed by atoms with van der Waals surface area (Å²) in [5, 5.41) is 33.6. The Kier molecular flexibility index (Phi) is 11.5. The van der Waals surface area contributed by atoms with Crippen LogP contribution >= 0.6 is 22.6 Å². The van der Waals surface area contributed by atoms with Gasteiger partial charge < -0.3 is 44.5 Å². The maximum absolute atomic E-state index is 14.0. The van der Waals surface area contributed by atoms with Crippen LogP contribution in [0.2, 0.25) is 0 Å². The lowest BCUT2D eigenvalue weighted by Crippen LogP contribution is -2.54. The molecule has 4 N–H and O–H groups in total. The van der Waals surface area contributed by atoms with Gasteiger partial charge in [-0.25, -0.2) is 0 Å². The highest BCUT2D eigenvalue weighted by atomic mass is 127. The highest BCUT2D eigenvalue weighted by Gasteiger charge is 2.41. The van der Waals surface area contributed by atoms with Crippen LogP contribution in [0, 0.1) is 9.49 Å². The van der Waals surface area contributed by atoms with Gasteiger partial charge in [0.05, 0.1) is 29.9 Å². The quantitative estimate of drug-likeness (QED) is 0.227. The normalized spacial score (nSPS) is 20.9. The minimum absolute atomic E-state index is 0.0600. The Balaban J connectivity index is 1.48. The van der Waals surface area contributed by atoms with Crippen LogP contribution in [0.25, 0.3) is 0 Å². The number of carbonyl (C=O) groups excluding carboxylic acids is 2. The fourth-order valence-electron chi connectivity index (χ4n) is 6.29. The van der Waals surface area contributed by atoms with Crippen molar-refractivity contribution in [2.45, 2.75) is 76.3 Å². The number of benzene rings is 2. The summed E-state index contributed by atoms with van der Waals surface area (Å²) in [4.78, 5) is 28.9. The third-order valence-electron chi connectivity index (χ3n) is 8.69. The van der Waals surface area contributed by atoms with E-state index in [1.165, 1.54) is 20.0 Å². The van der Waals surface area contributed by atoms with Gasteiger partial charge in [-0.1, -0.05) is 31.7 Å². The van der Waals surface area contributed by atoms with Crippen molar-refractivity contribution in [3.8, 4) is 23.0 Å². The van der Waals surface area contributed by atoms with Gasteiger partial charge in [-0.15, -0.1) is 0 Å². The van der Waals surface area contributed by atoms with Gasteiger partial charge in [0.1, 0.15) is 12.2 Å². The Bertz CT molecular complexity index is 1390. The summed E-state index contributed by atoms with van der Waals surface area (Å²) < 4.78 is 23.6. The standard InChI is InChI=1S/C33H41IN2O9/c1-42-29-14-22(18-38)12-24(34)32(29)45-28-16-23(33(41)35-10-11-37)15-25(31(28)40)36(30(39)9-7-20-4-2-3-5-20)17-21-6-8-26-27(13-21)44-19-43-26/h6,8,12-14,16,20,25,28,31,37-38,40H,2-5,7,9-11,15,17-19H2,1H3,(H,35,41). The van der Waals surface area contributed by atoms with E-state index in [4.69, 9.17) is 18.9 Å². The second-order valence-electron chi connectivity index (χ2n) is 11.7. The molecular weight excluding hydrogens is 695 g/mol. The average molecular weight is 737 g/mol. The van der Waals surface area contributed by atoms with Gasteiger partial charge in [-0.2, -0.15) is 0 Å². The number of nitrogens with zero attached hydrogens (tertiary/aromatic N) is 1. The topological polar surface area (TPSA) is 147 Å². The van der Waals surface area contributed by atoms with E-state index >= 15 is 0 Å². The van der Waals surface area contributed by atoms with Crippen LogP contribution in [0.3, 0.4) is 0 Å². The maximum Gasteiger partial charge on any atom is 0.247 e. The number of ether oxygens (including phenoxy) is 4. The first-order valence-corrected chi connectivity index (χ1v) is 16.5. The zero-order chi connectivity index (χ0) is 31.9. The summed E-state index contributed by atoms with van der Waals surface area (Å²) >= 11 is 2.07. The van der Waals surface area contributed by atoms with E-state index in [0.717, 1.165) is 24.8 Å². The van der Waals surface area contributed by atoms with Gasteiger partial charge in [0.15, 0.2) is 23.0 Å². The number of aliphatic hydroxyl groups excluding tert-OH is 3. The molecular formula is C33H41IN2O9. The number of aliphatic hydroxyl groups is 3. The number of amides is 2. The predicted octanol–water partition coefficient (Wildman–Crippen LogP) is 3.44. The highest BCUT2D eigenvalue weighted by molar-refractivity contribution is 14.1. The molecule has 5 rings (SSSR count). The minimum atomic E-state index is -1.19. The first-order valence-electron chi connectivity index (χ1n) is 15.4. The van der Waals surface area contributed by atoms with Crippen LogP contribution in [0.4, 0.5) is 0 Å². The SMILES string of the molecule is COc1cc(CO)cc(I)c1OC1C=C(C(=O)NCCO)CC(N(Cc2ccc3c(c2)OCO3)C(=O)CCC2CCCC2)C1O. The molecule has 2 aromatic rings. The van der Waals surface area contributed by atoms with Crippen molar-refractivity contribution in [3.05, 3.63) is 56.7 Å². The second kappa shape index (κ2) is 15.5. The fourth-order valence-corrected chi connectivity index (χ4v) is 7.08.